The van der Waals surface area contributed by atoms with E-state index >= 15 is 0 Å². The second-order valence-corrected chi connectivity index (χ2v) is 5.65. The zero-order valence-corrected chi connectivity index (χ0v) is 12.4. The molecule has 1 aliphatic heterocycles. The average Bonchev–Trinajstić information content (AvgIpc) is 2.69. The SMILES string of the molecule is Cc1ccc(NC(=O)C[NH+]2CCCCCC2)cc1[N+](=O)[O-]. The summed E-state index contributed by atoms with van der Waals surface area (Å²) in [6.07, 6.45) is 4.82. The van der Waals surface area contributed by atoms with Gasteiger partial charge in [0.05, 0.1) is 18.0 Å². The zero-order valence-electron chi connectivity index (χ0n) is 12.4. The lowest BCUT2D eigenvalue weighted by molar-refractivity contribution is -0.890. The minimum atomic E-state index is -0.426. The lowest BCUT2D eigenvalue weighted by atomic mass is 10.2. The number of nitro groups is 1. The number of aryl methyl sites for hydroxylation is 1. The van der Waals surface area contributed by atoms with E-state index in [0.29, 0.717) is 17.8 Å². The molecule has 21 heavy (non-hydrogen) atoms. The van der Waals surface area contributed by atoms with E-state index in [4.69, 9.17) is 0 Å². The highest BCUT2D eigenvalue weighted by atomic mass is 16.6. The van der Waals surface area contributed by atoms with E-state index in [2.05, 4.69) is 5.32 Å². The Balaban J connectivity index is 1.95. The van der Waals surface area contributed by atoms with Crippen LogP contribution in [-0.4, -0.2) is 30.5 Å². The van der Waals surface area contributed by atoms with Gasteiger partial charge < -0.3 is 10.2 Å². The predicted octanol–water partition coefficient (Wildman–Crippen LogP) is 1.30. The summed E-state index contributed by atoms with van der Waals surface area (Å²) in [4.78, 5) is 23.8. The summed E-state index contributed by atoms with van der Waals surface area (Å²) >= 11 is 0. The molecule has 1 aromatic carbocycles. The number of carbonyl (C=O) groups is 1. The molecule has 1 saturated heterocycles. The van der Waals surface area contributed by atoms with Crippen LogP contribution in [0.3, 0.4) is 0 Å². The number of anilines is 1. The van der Waals surface area contributed by atoms with Crippen LogP contribution in [0.1, 0.15) is 31.2 Å². The Morgan fingerprint density at radius 3 is 2.57 bits per heavy atom. The highest BCUT2D eigenvalue weighted by molar-refractivity contribution is 5.91. The molecule has 0 atom stereocenters. The van der Waals surface area contributed by atoms with Gasteiger partial charge in [-0.2, -0.15) is 0 Å². The largest absolute Gasteiger partial charge is 0.327 e. The number of likely N-dealkylation sites (tertiary alicyclic amines) is 1. The number of rotatable bonds is 4. The average molecular weight is 292 g/mol. The van der Waals surface area contributed by atoms with Gasteiger partial charge >= 0.3 is 0 Å². The molecule has 1 fully saturated rings. The Morgan fingerprint density at radius 1 is 1.29 bits per heavy atom. The summed E-state index contributed by atoms with van der Waals surface area (Å²) < 4.78 is 0. The minimum absolute atomic E-state index is 0.0370. The second kappa shape index (κ2) is 7.17. The molecule has 2 rings (SSSR count). The van der Waals surface area contributed by atoms with Crippen LogP contribution in [0.5, 0.6) is 0 Å². The molecule has 1 aromatic rings. The van der Waals surface area contributed by atoms with Crippen LogP contribution in [0.2, 0.25) is 0 Å². The molecule has 0 bridgehead atoms. The van der Waals surface area contributed by atoms with E-state index in [1.54, 1.807) is 19.1 Å². The van der Waals surface area contributed by atoms with E-state index < -0.39 is 4.92 Å². The van der Waals surface area contributed by atoms with Crippen LogP contribution in [0, 0.1) is 17.0 Å². The van der Waals surface area contributed by atoms with Crippen LogP contribution < -0.4 is 10.2 Å². The monoisotopic (exact) mass is 292 g/mol. The Morgan fingerprint density at radius 2 is 1.95 bits per heavy atom. The number of hydrogen-bond donors (Lipinski definition) is 2. The van der Waals surface area contributed by atoms with Gasteiger partial charge in [-0.05, 0) is 38.7 Å². The molecule has 2 N–H and O–H groups in total. The molecular weight excluding hydrogens is 270 g/mol. The molecule has 0 unspecified atom stereocenters. The number of benzene rings is 1. The number of nitrogens with zero attached hydrogens (tertiary/aromatic N) is 1. The van der Waals surface area contributed by atoms with Crippen molar-refractivity contribution in [2.75, 3.05) is 25.0 Å². The fraction of sp³-hybridized carbons (Fsp3) is 0.533. The summed E-state index contributed by atoms with van der Waals surface area (Å²) in [5, 5.41) is 13.7. The quantitative estimate of drug-likeness (QED) is 0.648. The molecule has 114 valence electrons. The number of carbonyl (C=O) groups excluding carboxylic acids is 1. The van der Waals surface area contributed by atoms with Gasteiger partial charge in [-0.1, -0.05) is 6.07 Å². The van der Waals surface area contributed by atoms with Crippen molar-refractivity contribution in [1.82, 2.24) is 0 Å². The first kappa shape index (κ1) is 15.4. The molecule has 0 radical (unpaired) electrons. The lowest BCUT2D eigenvalue weighted by Gasteiger charge is -2.16. The van der Waals surface area contributed by atoms with Crippen molar-refractivity contribution in [3.05, 3.63) is 33.9 Å². The van der Waals surface area contributed by atoms with Crippen molar-refractivity contribution in [3.8, 4) is 0 Å². The van der Waals surface area contributed by atoms with Crippen LogP contribution in [0.25, 0.3) is 0 Å². The molecule has 6 heteroatoms. The summed E-state index contributed by atoms with van der Waals surface area (Å²) in [5.74, 6) is -0.0787. The standard InChI is InChI=1S/C15H21N3O3/c1-12-6-7-13(10-14(12)18(20)21)16-15(19)11-17-8-4-2-3-5-9-17/h6-7,10H,2-5,8-9,11H2,1H3,(H,16,19)/p+1. The second-order valence-electron chi connectivity index (χ2n) is 5.65. The van der Waals surface area contributed by atoms with Crippen molar-refractivity contribution >= 4 is 17.3 Å². The number of hydrogen-bond acceptors (Lipinski definition) is 3. The summed E-state index contributed by atoms with van der Waals surface area (Å²) in [7, 11) is 0. The summed E-state index contributed by atoms with van der Waals surface area (Å²) in [5.41, 5.74) is 1.12. The van der Waals surface area contributed by atoms with E-state index in [0.717, 1.165) is 13.1 Å². The fourth-order valence-corrected chi connectivity index (χ4v) is 2.72. The van der Waals surface area contributed by atoms with Gasteiger partial charge in [-0.25, -0.2) is 0 Å². The predicted molar refractivity (Wildman–Crippen MR) is 80.5 cm³/mol. The summed E-state index contributed by atoms with van der Waals surface area (Å²) in [6.45, 7) is 4.18. The van der Waals surface area contributed by atoms with Gasteiger partial charge in [0.25, 0.3) is 11.6 Å². The van der Waals surface area contributed by atoms with Crippen LogP contribution in [0.4, 0.5) is 11.4 Å². The molecule has 1 heterocycles. The maximum Gasteiger partial charge on any atom is 0.279 e. The topological polar surface area (TPSA) is 76.7 Å². The van der Waals surface area contributed by atoms with Gasteiger partial charge in [0.2, 0.25) is 0 Å². The van der Waals surface area contributed by atoms with E-state index in [1.807, 2.05) is 0 Å². The fourth-order valence-electron chi connectivity index (χ4n) is 2.72. The highest BCUT2D eigenvalue weighted by Gasteiger charge is 2.17. The van der Waals surface area contributed by atoms with Crippen LogP contribution in [0.15, 0.2) is 18.2 Å². The summed E-state index contributed by atoms with van der Waals surface area (Å²) in [6, 6.07) is 4.79. The molecule has 0 spiro atoms. The third-order valence-electron chi connectivity index (χ3n) is 3.91. The van der Waals surface area contributed by atoms with Crippen molar-refractivity contribution < 1.29 is 14.6 Å². The van der Waals surface area contributed by atoms with Crippen molar-refractivity contribution in [2.24, 2.45) is 0 Å². The molecule has 1 amide bonds. The van der Waals surface area contributed by atoms with Gasteiger partial charge in [0.1, 0.15) is 0 Å². The molecule has 1 aliphatic rings. The van der Waals surface area contributed by atoms with Gasteiger partial charge in [0, 0.05) is 17.3 Å². The smallest absolute Gasteiger partial charge is 0.279 e. The Hall–Kier alpha value is -1.95. The maximum atomic E-state index is 12.1. The number of nitro benzene ring substituents is 1. The molecule has 0 aliphatic carbocycles. The molecular formula is C15H22N3O3+. The van der Waals surface area contributed by atoms with Crippen molar-refractivity contribution in [1.29, 1.82) is 0 Å². The molecule has 6 nitrogen and oxygen atoms in total. The Bertz CT molecular complexity index is 523. The normalized spacial score (nSPS) is 16.2. The van der Waals surface area contributed by atoms with Crippen molar-refractivity contribution in [2.45, 2.75) is 32.6 Å². The first-order valence-corrected chi connectivity index (χ1v) is 7.45. The molecule has 0 saturated carbocycles. The van der Waals surface area contributed by atoms with Gasteiger partial charge in [0.15, 0.2) is 6.54 Å². The van der Waals surface area contributed by atoms with E-state index in [-0.39, 0.29) is 11.6 Å². The van der Waals surface area contributed by atoms with Crippen LogP contribution in [-0.2, 0) is 4.79 Å². The van der Waals surface area contributed by atoms with Crippen LogP contribution >= 0.6 is 0 Å². The first-order chi connectivity index (χ1) is 10.1. The number of amides is 1. The van der Waals surface area contributed by atoms with E-state index in [9.17, 15) is 14.9 Å². The van der Waals surface area contributed by atoms with Crippen molar-refractivity contribution in [3.63, 3.8) is 0 Å². The minimum Gasteiger partial charge on any atom is -0.327 e. The van der Waals surface area contributed by atoms with Gasteiger partial charge in [-0.3, -0.25) is 14.9 Å². The lowest BCUT2D eigenvalue weighted by Crippen LogP contribution is -3.12. The number of nitrogens with one attached hydrogen (secondary N) is 2. The van der Waals surface area contributed by atoms with Gasteiger partial charge in [-0.15, -0.1) is 0 Å². The van der Waals surface area contributed by atoms with E-state index in [1.165, 1.54) is 36.6 Å². The zero-order chi connectivity index (χ0) is 15.2. The maximum absolute atomic E-state index is 12.1. The Kier molecular flexibility index (Phi) is 5.27. The third kappa shape index (κ3) is 4.53. The first-order valence-electron chi connectivity index (χ1n) is 7.45. The molecule has 0 aromatic heterocycles. The highest BCUT2D eigenvalue weighted by Crippen LogP contribution is 2.22. The third-order valence-corrected chi connectivity index (χ3v) is 3.91. The Labute approximate surface area is 124 Å². The number of quaternary nitrogens is 1.